The van der Waals surface area contributed by atoms with Gasteiger partial charge in [-0.25, -0.2) is 4.90 Å². The normalized spacial score (nSPS) is 23.9. The summed E-state index contributed by atoms with van der Waals surface area (Å²) in [6.07, 6.45) is -0.987. The van der Waals surface area contributed by atoms with Gasteiger partial charge in [-0.2, -0.15) is 0 Å². The summed E-state index contributed by atoms with van der Waals surface area (Å²) in [6.45, 7) is 2.32. The molecule has 0 radical (unpaired) electrons. The van der Waals surface area contributed by atoms with E-state index in [4.69, 9.17) is 21.1 Å². The van der Waals surface area contributed by atoms with E-state index in [0.717, 1.165) is 4.90 Å². The molecule has 2 saturated heterocycles. The fourth-order valence-electron chi connectivity index (χ4n) is 5.58. The van der Waals surface area contributed by atoms with Gasteiger partial charge in [0.1, 0.15) is 5.75 Å². The van der Waals surface area contributed by atoms with E-state index in [1.165, 1.54) is 0 Å². The smallest absolute Gasteiger partial charge is 0.241 e. The summed E-state index contributed by atoms with van der Waals surface area (Å²) in [4.78, 5) is 56.3. The fourth-order valence-corrected chi connectivity index (χ4v) is 5.71. The minimum atomic E-state index is -2.11. The Morgan fingerprint density at radius 1 is 0.861 bits per heavy atom. The number of rotatable bonds is 4. The highest BCUT2D eigenvalue weighted by Gasteiger charge is 2.74. The summed E-state index contributed by atoms with van der Waals surface area (Å²) in [5.41, 5.74) is -0.831. The number of nitrogens with zero attached hydrogens (tertiary/aromatic N) is 1. The molecule has 180 valence electrons. The van der Waals surface area contributed by atoms with Crippen LogP contribution >= 0.6 is 11.6 Å². The van der Waals surface area contributed by atoms with Crippen LogP contribution in [0.1, 0.15) is 39.3 Å². The highest BCUT2D eigenvalue weighted by atomic mass is 35.5. The first-order valence-corrected chi connectivity index (χ1v) is 12.0. The lowest BCUT2D eigenvalue weighted by Crippen LogP contribution is -2.51. The molecule has 6 rings (SSSR count). The number of carbonyl (C=O) groups excluding carboxylic acids is 4. The Balaban J connectivity index is 1.49. The Bertz CT molecular complexity index is 1400. The summed E-state index contributed by atoms with van der Waals surface area (Å²) in [6, 6.07) is 19.6. The highest BCUT2D eigenvalue weighted by Crippen LogP contribution is 2.57. The molecule has 3 aromatic rings. The summed E-state index contributed by atoms with van der Waals surface area (Å²) in [5.74, 6) is -4.12. The lowest BCUT2D eigenvalue weighted by Gasteiger charge is -2.27. The molecule has 0 saturated carbocycles. The van der Waals surface area contributed by atoms with E-state index in [-0.39, 0.29) is 11.1 Å². The van der Waals surface area contributed by atoms with E-state index in [1.54, 1.807) is 72.8 Å². The van der Waals surface area contributed by atoms with Gasteiger partial charge in [0.05, 0.1) is 30.2 Å². The van der Waals surface area contributed by atoms with E-state index in [2.05, 4.69) is 0 Å². The molecule has 2 fully saturated rings. The average molecular weight is 502 g/mol. The van der Waals surface area contributed by atoms with Gasteiger partial charge in [0.25, 0.3) is 0 Å². The van der Waals surface area contributed by atoms with E-state index in [0.29, 0.717) is 28.6 Å². The highest BCUT2D eigenvalue weighted by molar-refractivity contribution is 6.37. The summed E-state index contributed by atoms with van der Waals surface area (Å²) in [5, 5.41) is 0.480. The van der Waals surface area contributed by atoms with Crippen LogP contribution in [0.2, 0.25) is 5.02 Å². The van der Waals surface area contributed by atoms with Crippen molar-refractivity contribution in [3.8, 4) is 5.75 Å². The van der Waals surface area contributed by atoms with Crippen molar-refractivity contribution in [1.29, 1.82) is 0 Å². The molecular formula is C28H20ClNO6. The molecule has 0 aromatic heterocycles. The minimum Gasteiger partial charge on any atom is -0.494 e. The molecule has 36 heavy (non-hydrogen) atoms. The lowest BCUT2D eigenvalue weighted by molar-refractivity contribution is -0.127. The van der Waals surface area contributed by atoms with Crippen LogP contribution in [-0.2, 0) is 14.3 Å². The van der Waals surface area contributed by atoms with Crippen LogP contribution in [0.4, 0.5) is 5.69 Å². The second-order valence-electron chi connectivity index (χ2n) is 8.97. The van der Waals surface area contributed by atoms with Gasteiger partial charge in [0.15, 0.2) is 0 Å². The average Bonchev–Trinajstić information content (AvgIpc) is 3.45. The predicted octanol–water partition coefficient (Wildman–Crippen LogP) is 4.43. The molecule has 2 amide bonds. The third-order valence-corrected chi connectivity index (χ3v) is 7.38. The van der Waals surface area contributed by atoms with Gasteiger partial charge in [0.2, 0.25) is 29.0 Å². The maximum absolute atomic E-state index is 13.9. The van der Waals surface area contributed by atoms with Crippen molar-refractivity contribution >= 4 is 40.7 Å². The van der Waals surface area contributed by atoms with Crippen molar-refractivity contribution < 1.29 is 28.7 Å². The van der Waals surface area contributed by atoms with Crippen molar-refractivity contribution in [3.63, 3.8) is 0 Å². The zero-order valence-corrected chi connectivity index (χ0v) is 19.9. The largest absolute Gasteiger partial charge is 0.494 e. The molecule has 1 aliphatic carbocycles. The molecule has 0 N–H and O–H groups in total. The fraction of sp³-hybridized carbons (Fsp3) is 0.214. The molecule has 8 heteroatoms. The number of amides is 2. The number of hydrogen-bond acceptors (Lipinski definition) is 6. The number of fused-ring (bicyclic) bond motifs is 3. The molecule has 3 aromatic carbocycles. The van der Waals surface area contributed by atoms with Crippen molar-refractivity contribution in [2.45, 2.75) is 18.6 Å². The second kappa shape index (κ2) is 8.11. The number of carbonyl (C=O) groups is 4. The van der Waals surface area contributed by atoms with Crippen molar-refractivity contribution in [2.24, 2.45) is 11.8 Å². The standard InChI is InChI=1S/C28H20ClNO6/c1-2-35-18-13-11-17(12-14-18)30-26(33)21-22(27(30)34)28(36-23(21)15-7-9-16(29)10-8-15)24(31)19-5-3-4-6-20(19)25(28)32/h3-14,21-23H,2H2,1H3/t21-,22+,23-/m1/s1. The van der Waals surface area contributed by atoms with Crippen molar-refractivity contribution in [2.75, 3.05) is 11.5 Å². The molecule has 2 heterocycles. The van der Waals surface area contributed by atoms with Crippen LogP contribution in [0, 0.1) is 11.8 Å². The molecule has 0 unspecified atom stereocenters. The first-order valence-electron chi connectivity index (χ1n) is 11.6. The number of hydrogen-bond donors (Lipinski definition) is 0. The van der Waals surface area contributed by atoms with Gasteiger partial charge in [0, 0.05) is 16.1 Å². The first-order chi connectivity index (χ1) is 17.4. The Morgan fingerprint density at radius 3 is 2.06 bits per heavy atom. The number of halogens is 1. The van der Waals surface area contributed by atoms with Crippen LogP contribution < -0.4 is 9.64 Å². The van der Waals surface area contributed by atoms with Gasteiger partial charge in [-0.3, -0.25) is 19.2 Å². The number of benzene rings is 3. The van der Waals surface area contributed by atoms with Crippen molar-refractivity contribution in [1.82, 2.24) is 0 Å². The molecule has 2 aliphatic heterocycles. The van der Waals surface area contributed by atoms with Gasteiger partial charge in [-0.15, -0.1) is 0 Å². The van der Waals surface area contributed by atoms with Crippen LogP contribution in [0.15, 0.2) is 72.8 Å². The van der Waals surface area contributed by atoms with Crippen LogP contribution in [0.3, 0.4) is 0 Å². The summed E-state index contributed by atoms with van der Waals surface area (Å²) >= 11 is 6.06. The van der Waals surface area contributed by atoms with Crippen molar-refractivity contribution in [3.05, 3.63) is 94.5 Å². The predicted molar refractivity (Wildman–Crippen MR) is 130 cm³/mol. The van der Waals surface area contributed by atoms with Gasteiger partial charge >= 0.3 is 0 Å². The molecule has 3 aliphatic rings. The van der Waals surface area contributed by atoms with Crippen LogP contribution in [-0.4, -0.2) is 35.6 Å². The zero-order chi connectivity index (χ0) is 25.2. The maximum Gasteiger partial charge on any atom is 0.241 e. The Morgan fingerprint density at radius 2 is 1.47 bits per heavy atom. The van der Waals surface area contributed by atoms with E-state index in [1.807, 2.05) is 6.92 Å². The first kappa shape index (κ1) is 22.6. The minimum absolute atomic E-state index is 0.192. The molecule has 1 spiro atoms. The van der Waals surface area contributed by atoms with Crippen LogP contribution in [0.25, 0.3) is 0 Å². The van der Waals surface area contributed by atoms with Gasteiger partial charge in [-0.1, -0.05) is 48.0 Å². The Kier molecular flexibility index (Phi) is 5.10. The number of ether oxygens (including phenoxy) is 2. The third-order valence-electron chi connectivity index (χ3n) is 7.12. The molecule has 7 nitrogen and oxygen atoms in total. The summed E-state index contributed by atoms with van der Waals surface area (Å²) in [7, 11) is 0. The number of anilines is 1. The number of Topliss-reactive ketones (excluding diaryl/α,β-unsaturated/α-hetero) is 2. The SMILES string of the molecule is CCOc1ccc(N2C(=O)[C@H]3[C@@H](c4ccc(Cl)cc4)OC4(C(=O)c5ccccc5C4=O)[C@@H]3C2=O)cc1. The number of imide groups is 1. The number of ketones is 2. The van der Waals surface area contributed by atoms with Gasteiger partial charge in [-0.05, 0) is 48.9 Å². The molecule has 0 bridgehead atoms. The monoisotopic (exact) mass is 501 g/mol. The molecule has 3 atom stereocenters. The van der Waals surface area contributed by atoms with E-state index >= 15 is 0 Å². The second-order valence-corrected chi connectivity index (χ2v) is 9.41. The van der Waals surface area contributed by atoms with Crippen LogP contribution in [0.5, 0.6) is 5.75 Å². The quantitative estimate of drug-likeness (QED) is 0.388. The Labute approximate surface area is 211 Å². The molecular weight excluding hydrogens is 482 g/mol. The lowest BCUT2D eigenvalue weighted by atomic mass is 9.77. The van der Waals surface area contributed by atoms with Gasteiger partial charge < -0.3 is 9.47 Å². The topological polar surface area (TPSA) is 90.0 Å². The summed E-state index contributed by atoms with van der Waals surface area (Å²) < 4.78 is 11.7. The van der Waals surface area contributed by atoms with E-state index in [9.17, 15) is 19.2 Å². The maximum atomic E-state index is 13.9. The third kappa shape index (κ3) is 2.96. The van der Waals surface area contributed by atoms with E-state index < -0.39 is 46.9 Å². The zero-order valence-electron chi connectivity index (χ0n) is 19.1. The Hall–Kier alpha value is -3.81.